The van der Waals surface area contributed by atoms with Crippen LogP contribution in [0.3, 0.4) is 0 Å². The number of halogens is 1. The van der Waals surface area contributed by atoms with E-state index in [-0.39, 0.29) is 6.03 Å². The summed E-state index contributed by atoms with van der Waals surface area (Å²) >= 11 is 6.10. The topological polar surface area (TPSA) is 40.5 Å². The van der Waals surface area contributed by atoms with Gasteiger partial charge in [0.25, 0.3) is 0 Å². The number of carbonyl (C=O) groups excluding carboxylic acids is 1. The van der Waals surface area contributed by atoms with Gasteiger partial charge in [-0.15, -0.1) is 0 Å². The minimum absolute atomic E-state index is 0.194. The molecule has 0 spiro atoms. The molecule has 6 heteroatoms. The fourth-order valence-corrected chi connectivity index (χ4v) is 4.85. The summed E-state index contributed by atoms with van der Waals surface area (Å²) in [5.41, 5.74) is 2.42. The molecule has 0 bridgehead atoms. The van der Waals surface area contributed by atoms with E-state index in [0.29, 0.717) is 5.92 Å². The van der Waals surface area contributed by atoms with Crippen molar-refractivity contribution < 1.29 is 4.79 Å². The number of hydrogen-bond donors (Lipinski definition) is 1. The molecule has 0 radical (unpaired) electrons. The van der Waals surface area contributed by atoms with E-state index >= 15 is 0 Å². The Kier molecular flexibility index (Phi) is 6.83. The number of nitrogens with one attached hydrogen (secondary N) is 1. The van der Waals surface area contributed by atoms with Gasteiger partial charge in [-0.1, -0.05) is 36.4 Å². The maximum absolute atomic E-state index is 12.9. The lowest BCUT2D eigenvalue weighted by Crippen LogP contribution is -2.53. The van der Waals surface area contributed by atoms with E-state index in [4.69, 9.17) is 11.6 Å². The smallest absolute Gasteiger partial charge is 0.320 e. The van der Waals surface area contributed by atoms with Crippen LogP contribution in [-0.4, -0.2) is 59.7 Å². The van der Waals surface area contributed by atoms with E-state index in [2.05, 4.69) is 41.7 Å². The summed E-state index contributed by atoms with van der Waals surface area (Å²) in [6, 6.07) is 8.14. The number of likely N-dealkylation sites (tertiary alicyclic amines) is 1. The van der Waals surface area contributed by atoms with Crippen LogP contribution in [0, 0.1) is 0 Å². The Hall–Kier alpha value is -2.50. The summed E-state index contributed by atoms with van der Waals surface area (Å²) < 4.78 is 2.24. The van der Waals surface area contributed by atoms with Gasteiger partial charge in [0.05, 0.1) is 0 Å². The zero-order chi connectivity index (χ0) is 21.8. The molecule has 3 heterocycles. The largest absolute Gasteiger partial charge is 0.325 e. The molecule has 164 valence electrons. The summed E-state index contributed by atoms with van der Waals surface area (Å²) in [5.74, 6) is 0.422. The van der Waals surface area contributed by atoms with Gasteiger partial charge in [0.2, 0.25) is 0 Å². The number of benzene rings is 1. The summed E-state index contributed by atoms with van der Waals surface area (Å²) in [4.78, 5) is 16.9. The SMILES string of the molecule is C=C/C=c1/c(C2CCN(C(=O)N3CCNCC3)CC2)cn(-c2ccc(Cl)cc2)/c1=C/C. The van der Waals surface area contributed by atoms with E-state index in [9.17, 15) is 4.79 Å². The molecule has 0 aliphatic carbocycles. The average molecular weight is 439 g/mol. The van der Waals surface area contributed by atoms with E-state index < -0.39 is 0 Å². The quantitative estimate of drug-likeness (QED) is 0.799. The molecule has 2 aliphatic rings. The minimum atomic E-state index is 0.194. The molecule has 1 aromatic carbocycles. The summed E-state index contributed by atoms with van der Waals surface area (Å²) in [6.07, 6.45) is 10.3. The van der Waals surface area contributed by atoms with Gasteiger partial charge >= 0.3 is 6.03 Å². The molecule has 0 atom stereocenters. The van der Waals surface area contributed by atoms with E-state index in [0.717, 1.165) is 68.2 Å². The molecule has 4 rings (SSSR count). The Morgan fingerprint density at radius 3 is 2.35 bits per heavy atom. The highest BCUT2D eigenvalue weighted by atomic mass is 35.5. The van der Waals surface area contributed by atoms with Gasteiger partial charge in [0.15, 0.2) is 0 Å². The number of carbonyl (C=O) groups is 1. The van der Waals surface area contributed by atoms with E-state index in [1.165, 1.54) is 10.8 Å². The summed E-state index contributed by atoms with van der Waals surface area (Å²) in [6.45, 7) is 11.0. The van der Waals surface area contributed by atoms with Crippen LogP contribution in [0.4, 0.5) is 4.79 Å². The number of allylic oxidation sites excluding steroid dienone is 1. The van der Waals surface area contributed by atoms with Gasteiger partial charge in [0.1, 0.15) is 0 Å². The van der Waals surface area contributed by atoms with Gasteiger partial charge < -0.3 is 19.7 Å². The number of hydrogen-bond acceptors (Lipinski definition) is 2. The van der Waals surface area contributed by atoms with Crippen molar-refractivity contribution in [3.63, 3.8) is 0 Å². The maximum atomic E-state index is 12.9. The number of nitrogens with zero attached hydrogens (tertiary/aromatic N) is 3. The van der Waals surface area contributed by atoms with Crippen LogP contribution in [0.1, 0.15) is 31.2 Å². The van der Waals surface area contributed by atoms with Crippen molar-refractivity contribution in [2.45, 2.75) is 25.7 Å². The first-order chi connectivity index (χ1) is 15.1. The molecule has 5 nitrogen and oxygen atoms in total. The van der Waals surface area contributed by atoms with Crippen molar-refractivity contribution in [3.05, 3.63) is 64.3 Å². The number of aromatic nitrogens is 1. The highest BCUT2D eigenvalue weighted by Crippen LogP contribution is 2.27. The lowest BCUT2D eigenvalue weighted by atomic mass is 9.90. The molecule has 1 aromatic heterocycles. The van der Waals surface area contributed by atoms with Crippen LogP contribution in [0.2, 0.25) is 5.02 Å². The van der Waals surface area contributed by atoms with Crippen molar-refractivity contribution in [2.24, 2.45) is 0 Å². The second-order valence-corrected chi connectivity index (χ2v) is 8.64. The molecule has 0 unspecified atom stereocenters. The van der Waals surface area contributed by atoms with Crippen LogP contribution in [0.15, 0.2) is 43.1 Å². The van der Waals surface area contributed by atoms with Crippen LogP contribution in [-0.2, 0) is 0 Å². The molecule has 2 saturated heterocycles. The Morgan fingerprint density at radius 2 is 1.74 bits per heavy atom. The van der Waals surface area contributed by atoms with Crippen LogP contribution < -0.4 is 15.9 Å². The average Bonchev–Trinajstić information content (AvgIpc) is 3.18. The minimum Gasteiger partial charge on any atom is -0.325 e. The zero-order valence-corrected chi connectivity index (χ0v) is 18.9. The van der Waals surface area contributed by atoms with Gasteiger partial charge in [-0.3, -0.25) is 0 Å². The normalized spacial score (nSPS) is 19.2. The molecular formula is C25H31ClN4O. The van der Waals surface area contributed by atoms with Crippen molar-refractivity contribution >= 4 is 29.8 Å². The Balaban J connectivity index is 1.58. The second-order valence-electron chi connectivity index (χ2n) is 8.20. The zero-order valence-electron chi connectivity index (χ0n) is 18.2. The molecule has 2 aliphatic heterocycles. The van der Waals surface area contributed by atoms with Gasteiger partial charge in [-0.05, 0) is 55.5 Å². The Labute approximate surface area is 189 Å². The predicted octanol–water partition coefficient (Wildman–Crippen LogP) is 3.10. The number of piperazine rings is 1. The van der Waals surface area contributed by atoms with Gasteiger partial charge in [-0.2, -0.15) is 0 Å². The summed E-state index contributed by atoms with van der Waals surface area (Å²) in [7, 11) is 0. The highest BCUT2D eigenvalue weighted by molar-refractivity contribution is 6.30. The van der Waals surface area contributed by atoms with Crippen molar-refractivity contribution in [1.82, 2.24) is 19.7 Å². The molecule has 0 saturated carbocycles. The fraction of sp³-hybridized carbons (Fsp3) is 0.400. The first-order valence-corrected chi connectivity index (χ1v) is 11.5. The highest BCUT2D eigenvalue weighted by Gasteiger charge is 2.28. The molecule has 2 fully saturated rings. The van der Waals surface area contributed by atoms with Crippen molar-refractivity contribution in [3.8, 4) is 5.69 Å². The van der Waals surface area contributed by atoms with Crippen molar-refractivity contribution in [2.75, 3.05) is 39.3 Å². The monoisotopic (exact) mass is 438 g/mol. The summed E-state index contributed by atoms with van der Waals surface area (Å²) in [5, 5.41) is 6.43. The lowest BCUT2D eigenvalue weighted by Gasteiger charge is -2.37. The molecule has 31 heavy (non-hydrogen) atoms. The van der Waals surface area contributed by atoms with Crippen LogP contribution in [0.25, 0.3) is 17.8 Å². The Morgan fingerprint density at radius 1 is 1.10 bits per heavy atom. The van der Waals surface area contributed by atoms with E-state index in [1.54, 1.807) is 0 Å². The van der Waals surface area contributed by atoms with Gasteiger partial charge in [-0.25, -0.2) is 4.79 Å². The van der Waals surface area contributed by atoms with Crippen LogP contribution >= 0.6 is 11.6 Å². The lowest BCUT2D eigenvalue weighted by molar-refractivity contribution is 0.134. The molecule has 1 N–H and O–H groups in total. The number of piperidine rings is 1. The number of rotatable bonds is 3. The molecule has 2 amide bonds. The first-order valence-electron chi connectivity index (χ1n) is 11.1. The number of urea groups is 1. The standard InChI is InChI=1S/C25H31ClN4O/c1-3-5-22-23(18-30(24(22)4-2)21-8-6-20(26)7-9-21)19-10-14-28(15-11-19)25(31)29-16-12-27-13-17-29/h3-9,18-19,27H,1,10-17H2,2H3/b22-5-,24-4+. The third-order valence-corrected chi connectivity index (χ3v) is 6.62. The maximum Gasteiger partial charge on any atom is 0.320 e. The fourth-order valence-electron chi connectivity index (χ4n) is 4.73. The third-order valence-electron chi connectivity index (χ3n) is 6.37. The van der Waals surface area contributed by atoms with E-state index in [1.807, 2.05) is 40.1 Å². The first kappa shape index (κ1) is 21.7. The van der Waals surface area contributed by atoms with Gasteiger partial charge in [0, 0.05) is 66.7 Å². The Bertz CT molecular complexity index is 1040. The van der Waals surface area contributed by atoms with Crippen molar-refractivity contribution in [1.29, 1.82) is 0 Å². The second kappa shape index (κ2) is 9.75. The molecular weight excluding hydrogens is 408 g/mol. The predicted molar refractivity (Wildman–Crippen MR) is 128 cm³/mol. The molecule has 2 aromatic rings. The third kappa shape index (κ3) is 4.58. The van der Waals surface area contributed by atoms with Crippen LogP contribution in [0.5, 0.6) is 0 Å². The number of amides is 2.